The normalized spacial score (nSPS) is 22.4. The molecule has 0 unspecified atom stereocenters. The highest BCUT2D eigenvalue weighted by Crippen LogP contribution is 2.37. The molecular formula is C22H29NO5S. The second-order valence-electron chi connectivity index (χ2n) is 7.90. The zero-order chi connectivity index (χ0) is 21.2. The minimum Gasteiger partial charge on any atom is -0.490 e. The fourth-order valence-electron chi connectivity index (χ4n) is 3.65. The molecule has 1 heterocycles. The van der Waals surface area contributed by atoms with E-state index in [0.717, 1.165) is 31.2 Å². The fourth-order valence-corrected chi connectivity index (χ4v) is 4.56. The highest BCUT2D eigenvalue weighted by atomic mass is 32.2. The number of nitrogens with zero attached hydrogens (tertiary/aromatic N) is 1. The third-order valence-electron chi connectivity index (χ3n) is 5.86. The van der Waals surface area contributed by atoms with Gasteiger partial charge in [-0.05, 0) is 56.9 Å². The average molecular weight is 420 g/mol. The first kappa shape index (κ1) is 21.6. The lowest BCUT2D eigenvalue weighted by Gasteiger charge is -2.36. The van der Waals surface area contributed by atoms with Crippen LogP contribution in [0.25, 0.3) is 11.1 Å². The van der Waals surface area contributed by atoms with Crippen LogP contribution in [0.3, 0.4) is 0 Å². The van der Waals surface area contributed by atoms with E-state index in [1.165, 1.54) is 10.6 Å². The average Bonchev–Trinajstić information content (AvgIpc) is 2.72. The van der Waals surface area contributed by atoms with E-state index in [9.17, 15) is 13.2 Å². The van der Waals surface area contributed by atoms with Crippen molar-refractivity contribution in [3.8, 4) is 16.9 Å². The van der Waals surface area contributed by atoms with Gasteiger partial charge in [-0.1, -0.05) is 6.92 Å². The summed E-state index contributed by atoms with van der Waals surface area (Å²) in [5.74, 6) is 0.655. The summed E-state index contributed by atoms with van der Waals surface area (Å²) >= 11 is 0. The summed E-state index contributed by atoms with van der Waals surface area (Å²) in [6.45, 7) is 3.74. The number of rotatable bonds is 6. The number of hydrogen-bond acceptors (Lipinski definition) is 5. The standard InChI is InChI=1S/C22H29NO5S/c1-5-29(25,26)18-7-8-20(28-17-10-12-22(2,27-4)13-11-17)19(14-18)16-6-9-21(24)23(3)15-16/h6-9,14-15,17H,5,10-13H2,1-4H3/t17-,22+. The van der Waals surface area contributed by atoms with E-state index < -0.39 is 9.84 Å². The van der Waals surface area contributed by atoms with Crippen molar-refractivity contribution in [1.29, 1.82) is 0 Å². The van der Waals surface area contributed by atoms with Crippen LogP contribution in [0.15, 0.2) is 46.2 Å². The van der Waals surface area contributed by atoms with Crippen molar-refractivity contribution in [2.45, 2.75) is 56.1 Å². The number of benzene rings is 1. The van der Waals surface area contributed by atoms with Crippen LogP contribution < -0.4 is 10.3 Å². The number of aryl methyl sites for hydroxylation is 1. The van der Waals surface area contributed by atoms with Crippen LogP contribution in [0.5, 0.6) is 5.75 Å². The largest absolute Gasteiger partial charge is 0.490 e. The summed E-state index contributed by atoms with van der Waals surface area (Å²) < 4.78 is 38.2. The molecule has 7 heteroatoms. The van der Waals surface area contributed by atoms with Gasteiger partial charge in [-0.3, -0.25) is 4.79 Å². The molecule has 0 saturated heterocycles. The summed E-state index contributed by atoms with van der Waals surface area (Å²) in [5.41, 5.74) is 1.18. The van der Waals surface area contributed by atoms with Gasteiger partial charge in [-0.2, -0.15) is 0 Å². The molecule has 158 valence electrons. The van der Waals surface area contributed by atoms with Crippen molar-refractivity contribution < 1.29 is 17.9 Å². The van der Waals surface area contributed by atoms with E-state index in [4.69, 9.17) is 9.47 Å². The molecular weight excluding hydrogens is 390 g/mol. The Morgan fingerprint density at radius 2 is 1.86 bits per heavy atom. The van der Waals surface area contributed by atoms with Crippen LogP contribution >= 0.6 is 0 Å². The molecule has 0 N–H and O–H groups in total. The van der Waals surface area contributed by atoms with E-state index in [1.807, 2.05) is 0 Å². The number of methoxy groups -OCH3 is 1. The lowest BCUT2D eigenvalue weighted by Crippen LogP contribution is -2.36. The summed E-state index contributed by atoms with van der Waals surface area (Å²) in [4.78, 5) is 12.0. The van der Waals surface area contributed by atoms with Gasteiger partial charge in [0.05, 0.1) is 22.4 Å². The van der Waals surface area contributed by atoms with E-state index in [1.54, 1.807) is 51.5 Å². The quantitative estimate of drug-likeness (QED) is 0.716. The Labute approximate surface area is 172 Å². The molecule has 0 radical (unpaired) electrons. The molecule has 0 atom stereocenters. The summed E-state index contributed by atoms with van der Waals surface area (Å²) in [7, 11) is 0.0580. The maximum absolute atomic E-state index is 12.4. The van der Waals surface area contributed by atoms with E-state index in [2.05, 4.69) is 6.92 Å². The second kappa shape index (κ2) is 8.32. The Bertz CT molecular complexity index is 1030. The van der Waals surface area contributed by atoms with Crippen LogP contribution in [0.4, 0.5) is 0 Å². The van der Waals surface area contributed by atoms with Crippen molar-refractivity contribution in [3.63, 3.8) is 0 Å². The van der Waals surface area contributed by atoms with Gasteiger partial charge in [0.2, 0.25) is 5.56 Å². The summed E-state index contributed by atoms with van der Waals surface area (Å²) in [5, 5.41) is 0. The lowest BCUT2D eigenvalue weighted by molar-refractivity contribution is -0.0456. The molecule has 6 nitrogen and oxygen atoms in total. The Kier molecular flexibility index (Phi) is 6.19. The first-order valence-electron chi connectivity index (χ1n) is 9.93. The second-order valence-corrected chi connectivity index (χ2v) is 10.2. The van der Waals surface area contributed by atoms with Gasteiger partial charge in [0, 0.05) is 37.5 Å². The molecule has 1 aromatic carbocycles. The number of pyridine rings is 1. The molecule has 1 fully saturated rings. The third kappa shape index (κ3) is 4.73. The molecule has 1 aliphatic carbocycles. The first-order chi connectivity index (χ1) is 13.7. The smallest absolute Gasteiger partial charge is 0.250 e. The molecule has 0 bridgehead atoms. The lowest BCUT2D eigenvalue weighted by atomic mass is 9.84. The summed E-state index contributed by atoms with van der Waals surface area (Å²) in [6, 6.07) is 8.16. The third-order valence-corrected chi connectivity index (χ3v) is 7.60. The molecule has 3 rings (SSSR count). The van der Waals surface area contributed by atoms with Gasteiger partial charge < -0.3 is 14.0 Å². The highest BCUT2D eigenvalue weighted by molar-refractivity contribution is 7.91. The van der Waals surface area contributed by atoms with Crippen LogP contribution in [-0.2, 0) is 21.6 Å². The zero-order valence-electron chi connectivity index (χ0n) is 17.5. The Morgan fingerprint density at radius 1 is 1.17 bits per heavy atom. The zero-order valence-corrected chi connectivity index (χ0v) is 18.3. The molecule has 29 heavy (non-hydrogen) atoms. The van der Waals surface area contributed by atoms with Crippen LogP contribution in [0.2, 0.25) is 0 Å². The molecule has 1 aliphatic rings. The maximum atomic E-state index is 12.4. The Balaban J connectivity index is 1.98. The fraction of sp³-hybridized carbons (Fsp3) is 0.500. The molecule has 0 amide bonds. The van der Waals surface area contributed by atoms with Crippen molar-refractivity contribution in [2.75, 3.05) is 12.9 Å². The summed E-state index contributed by atoms with van der Waals surface area (Å²) in [6.07, 6.45) is 5.30. The SMILES string of the molecule is CCS(=O)(=O)c1ccc(O[C@H]2CC[C@@](C)(OC)CC2)c(-c2ccc(=O)n(C)c2)c1. The number of aromatic nitrogens is 1. The minimum atomic E-state index is -3.36. The monoisotopic (exact) mass is 419 g/mol. The maximum Gasteiger partial charge on any atom is 0.250 e. The van der Waals surface area contributed by atoms with Gasteiger partial charge in [-0.15, -0.1) is 0 Å². The predicted molar refractivity (Wildman–Crippen MR) is 113 cm³/mol. The van der Waals surface area contributed by atoms with Gasteiger partial charge >= 0.3 is 0 Å². The van der Waals surface area contributed by atoms with Crippen LogP contribution in [-0.4, -0.2) is 37.6 Å². The molecule has 1 aromatic heterocycles. The topological polar surface area (TPSA) is 74.6 Å². The van der Waals surface area contributed by atoms with Crippen molar-refractivity contribution in [3.05, 3.63) is 46.9 Å². The number of ether oxygens (including phenoxy) is 2. The van der Waals surface area contributed by atoms with Gasteiger partial charge in [-0.25, -0.2) is 8.42 Å². The Hall–Kier alpha value is -2.12. The first-order valence-corrected chi connectivity index (χ1v) is 11.6. The number of sulfone groups is 1. The highest BCUT2D eigenvalue weighted by Gasteiger charge is 2.32. The van der Waals surface area contributed by atoms with Crippen molar-refractivity contribution in [1.82, 2.24) is 4.57 Å². The molecule has 1 saturated carbocycles. The molecule has 0 aliphatic heterocycles. The molecule has 0 spiro atoms. The van der Waals surface area contributed by atoms with E-state index >= 15 is 0 Å². The predicted octanol–water partition coefficient (Wildman–Crippen LogP) is 3.57. The number of hydrogen-bond donors (Lipinski definition) is 0. The van der Waals surface area contributed by atoms with Crippen molar-refractivity contribution >= 4 is 9.84 Å². The Morgan fingerprint density at radius 3 is 2.45 bits per heavy atom. The van der Waals surface area contributed by atoms with Crippen LogP contribution in [0.1, 0.15) is 39.5 Å². The minimum absolute atomic E-state index is 0.0259. The molecule has 2 aromatic rings. The van der Waals surface area contributed by atoms with Gasteiger partial charge in [0.1, 0.15) is 5.75 Å². The van der Waals surface area contributed by atoms with E-state index in [0.29, 0.717) is 11.3 Å². The van der Waals surface area contributed by atoms with Crippen molar-refractivity contribution in [2.24, 2.45) is 7.05 Å². The van der Waals surface area contributed by atoms with Gasteiger partial charge in [0.25, 0.3) is 0 Å². The van der Waals surface area contributed by atoms with E-state index in [-0.39, 0.29) is 27.9 Å². The van der Waals surface area contributed by atoms with Crippen LogP contribution in [0, 0.1) is 0 Å². The van der Waals surface area contributed by atoms with Gasteiger partial charge in [0.15, 0.2) is 9.84 Å².